The van der Waals surface area contributed by atoms with Crippen molar-refractivity contribution in [2.24, 2.45) is 5.92 Å². The van der Waals surface area contributed by atoms with Crippen LogP contribution in [0.4, 0.5) is 0 Å². The Morgan fingerprint density at radius 1 is 1.22 bits per heavy atom. The third-order valence-electron chi connectivity index (χ3n) is 6.08. The molecule has 3 aliphatic rings. The Morgan fingerprint density at radius 2 is 1.96 bits per heavy atom. The average molecular weight is 374 g/mol. The molecule has 0 saturated carbocycles. The second-order valence-corrected chi connectivity index (χ2v) is 8.27. The number of morpholine rings is 1. The summed E-state index contributed by atoms with van der Waals surface area (Å²) in [5.74, 6) is 2.06. The lowest BCUT2D eigenvalue weighted by atomic mass is 9.78. The van der Waals surface area contributed by atoms with Gasteiger partial charge in [-0.2, -0.15) is 0 Å². The van der Waals surface area contributed by atoms with Gasteiger partial charge in [-0.15, -0.1) is 0 Å². The standard InChI is InChI=1S/C21H30N2O4/c1-15(2)20-21(26-14-19(24)22-20)8-11-23(12-9-21)10-7-16-13-25-17-5-3-4-6-18(17)27-16/h3-6,15-16,20H,7-14H2,1-2H3,(H,22,24). The number of rotatable bonds is 4. The first kappa shape index (κ1) is 18.6. The van der Waals surface area contributed by atoms with Gasteiger partial charge in [0.15, 0.2) is 11.5 Å². The van der Waals surface area contributed by atoms with Crippen LogP contribution in [0.15, 0.2) is 24.3 Å². The Labute approximate surface area is 161 Å². The molecular formula is C21H30N2O4. The van der Waals surface area contributed by atoms with Crippen LogP contribution in [-0.2, 0) is 9.53 Å². The molecule has 4 rings (SSSR count). The highest BCUT2D eigenvalue weighted by molar-refractivity contribution is 5.78. The van der Waals surface area contributed by atoms with Crippen LogP contribution in [0.1, 0.15) is 33.1 Å². The molecule has 2 unspecified atom stereocenters. The molecule has 1 aromatic rings. The highest BCUT2D eigenvalue weighted by atomic mass is 16.6. The van der Waals surface area contributed by atoms with E-state index in [4.69, 9.17) is 14.2 Å². The molecule has 0 bridgehead atoms. The van der Waals surface area contributed by atoms with Crippen LogP contribution in [0.25, 0.3) is 0 Å². The van der Waals surface area contributed by atoms with Gasteiger partial charge in [-0.25, -0.2) is 0 Å². The minimum absolute atomic E-state index is 0.0106. The van der Waals surface area contributed by atoms with Crippen molar-refractivity contribution >= 4 is 5.91 Å². The molecular weight excluding hydrogens is 344 g/mol. The lowest BCUT2D eigenvalue weighted by Crippen LogP contribution is -2.65. The monoisotopic (exact) mass is 374 g/mol. The van der Waals surface area contributed by atoms with Crippen LogP contribution in [-0.4, -0.2) is 61.4 Å². The van der Waals surface area contributed by atoms with Crippen molar-refractivity contribution in [3.8, 4) is 11.5 Å². The summed E-state index contributed by atoms with van der Waals surface area (Å²) in [6.07, 6.45) is 2.97. The van der Waals surface area contributed by atoms with E-state index in [-0.39, 0.29) is 30.3 Å². The maximum atomic E-state index is 11.8. The molecule has 0 aromatic heterocycles. The van der Waals surface area contributed by atoms with E-state index < -0.39 is 0 Å². The number of fused-ring (bicyclic) bond motifs is 1. The Balaban J connectivity index is 1.28. The molecule has 3 aliphatic heterocycles. The van der Waals surface area contributed by atoms with Gasteiger partial charge in [0.2, 0.25) is 5.91 Å². The molecule has 27 heavy (non-hydrogen) atoms. The number of nitrogens with zero attached hydrogens (tertiary/aromatic N) is 1. The van der Waals surface area contributed by atoms with Crippen molar-refractivity contribution in [3.63, 3.8) is 0 Å². The van der Waals surface area contributed by atoms with Gasteiger partial charge in [0.05, 0.1) is 11.6 Å². The normalized spacial score (nSPS) is 27.6. The van der Waals surface area contributed by atoms with E-state index in [1.54, 1.807) is 0 Å². The van der Waals surface area contributed by atoms with Gasteiger partial charge >= 0.3 is 0 Å². The van der Waals surface area contributed by atoms with Gasteiger partial charge in [0, 0.05) is 26.1 Å². The summed E-state index contributed by atoms with van der Waals surface area (Å²) in [6.45, 7) is 8.09. The number of likely N-dealkylation sites (tertiary alicyclic amines) is 1. The van der Waals surface area contributed by atoms with E-state index in [2.05, 4.69) is 24.1 Å². The van der Waals surface area contributed by atoms with Crippen molar-refractivity contribution in [1.29, 1.82) is 0 Å². The molecule has 6 nitrogen and oxygen atoms in total. The predicted molar refractivity (Wildman–Crippen MR) is 102 cm³/mol. The first-order valence-electron chi connectivity index (χ1n) is 10.1. The molecule has 1 spiro atoms. The molecule has 0 aliphatic carbocycles. The predicted octanol–water partition coefficient (Wildman–Crippen LogP) is 2.22. The Bertz CT molecular complexity index is 670. The number of benzene rings is 1. The molecule has 6 heteroatoms. The largest absolute Gasteiger partial charge is 0.486 e. The van der Waals surface area contributed by atoms with E-state index in [0.29, 0.717) is 12.5 Å². The zero-order valence-electron chi connectivity index (χ0n) is 16.3. The molecule has 2 fully saturated rings. The lowest BCUT2D eigenvalue weighted by molar-refractivity contribution is -0.165. The smallest absolute Gasteiger partial charge is 0.246 e. The zero-order chi connectivity index (χ0) is 18.9. The summed E-state index contributed by atoms with van der Waals surface area (Å²) < 4.78 is 18.0. The van der Waals surface area contributed by atoms with Crippen molar-refractivity contribution in [3.05, 3.63) is 24.3 Å². The molecule has 1 amide bonds. The van der Waals surface area contributed by atoms with Gasteiger partial charge in [0.25, 0.3) is 0 Å². The second-order valence-electron chi connectivity index (χ2n) is 8.27. The van der Waals surface area contributed by atoms with Crippen LogP contribution < -0.4 is 14.8 Å². The summed E-state index contributed by atoms with van der Waals surface area (Å²) in [4.78, 5) is 14.2. The Kier molecular flexibility index (Phi) is 5.28. The molecule has 2 atom stereocenters. The number of para-hydroxylation sites is 2. The quantitative estimate of drug-likeness (QED) is 0.876. The molecule has 0 radical (unpaired) electrons. The first-order valence-corrected chi connectivity index (χ1v) is 10.1. The van der Waals surface area contributed by atoms with Crippen LogP contribution in [0, 0.1) is 5.92 Å². The van der Waals surface area contributed by atoms with Gasteiger partial charge < -0.3 is 24.4 Å². The summed E-state index contributed by atoms with van der Waals surface area (Å²) in [7, 11) is 0. The van der Waals surface area contributed by atoms with Gasteiger partial charge in [0.1, 0.15) is 19.3 Å². The fourth-order valence-corrected chi connectivity index (χ4v) is 4.56. The summed E-state index contributed by atoms with van der Waals surface area (Å²) in [6, 6.07) is 7.96. The van der Waals surface area contributed by atoms with Crippen molar-refractivity contribution < 1.29 is 19.0 Å². The molecule has 1 N–H and O–H groups in total. The summed E-state index contributed by atoms with van der Waals surface area (Å²) >= 11 is 0. The van der Waals surface area contributed by atoms with E-state index in [9.17, 15) is 4.79 Å². The fourth-order valence-electron chi connectivity index (χ4n) is 4.56. The molecule has 148 valence electrons. The highest BCUT2D eigenvalue weighted by Gasteiger charge is 2.47. The second kappa shape index (κ2) is 7.68. The number of nitrogens with one attached hydrogen (secondary N) is 1. The van der Waals surface area contributed by atoms with Crippen LogP contribution in [0.5, 0.6) is 11.5 Å². The summed E-state index contributed by atoms with van der Waals surface area (Å²) in [5, 5.41) is 3.17. The fraction of sp³-hybridized carbons (Fsp3) is 0.667. The SMILES string of the molecule is CC(C)C1NC(=O)COC12CCN(CCC1COc3ccccc3O1)CC2. The average Bonchev–Trinajstić information content (AvgIpc) is 2.69. The molecule has 2 saturated heterocycles. The Morgan fingerprint density at radius 3 is 2.70 bits per heavy atom. The number of hydrogen-bond donors (Lipinski definition) is 1. The maximum Gasteiger partial charge on any atom is 0.246 e. The van der Waals surface area contributed by atoms with Crippen molar-refractivity contribution in [2.75, 3.05) is 32.8 Å². The third kappa shape index (κ3) is 3.92. The van der Waals surface area contributed by atoms with Crippen LogP contribution in [0.3, 0.4) is 0 Å². The number of ether oxygens (including phenoxy) is 3. The number of amides is 1. The van der Waals surface area contributed by atoms with E-state index >= 15 is 0 Å². The minimum Gasteiger partial charge on any atom is -0.486 e. The van der Waals surface area contributed by atoms with Crippen molar-refractivity contribution in [1.82, 2.24) is 10.2 Å². The number of carbonyl (C=O) groups is 1. The molecule has 1 aromatic carbocycles. The first-order chi connectivity index (χ1) is 13.1. The van der Waals surface area contributed by atoms with Crippen LogP contribution in [0.2, 0.25) is 0 Å². The van der Waals surface area contributed by atoms with E-state index in [1.165, 1.54) is 0 Å². The maximum absolute atomic E-state index is 11.8. The van der Waals surface area contributed by atoms with Crippen molar-refractivity contribution in [2.45, 2.75) is 50.9 Å². The summed E-state index contributed by atoms with van der Waals surface area (Å²) in [5.41, 5.74) is -0.206. The number of hydrogen-bond acceptors (Lipinski definition) is 5. The lowest BCUT2D eigenvalue weighted by Gasteiger charge is -2.50. The topological polar surface area (TPSA) is 60.0 Å². The van der Waals surface area contributed by atoms with Crippen LogP contribution >= 0.6 is 0 Å². The minimum atomic E-state index is -0.206. The highest BCUT2D eigenvalue weighted by Crippen LogP contribution is 2.36. The third-order valence-corrected chi connectivity index (χ3v) is 6.08. The zero-order valence-corrected chi connectivity index (χ0v) is 16.3. The molecule has 3 heterocycles. The van der Waals surface area contributed by atoms with E-state index in [1.807, 2.05) is 24.3 Å². The van der Waals surface area contributed by atoms with Gasteiger partial charge in [-0.3, -0.25) is 4.79 Å². The number of piperidine rings is 1. The van der Waals surface area contributed by atoms with Gasteiger partial charge in [-0.1, -0.05) is 26.0 Å². The van der Waals surface area contributed by atoms with Gasteiger partial charge in [-0.05, 0) is 30.9 Å². The van der Waals surface area contributed by atoms with E-state index in [0.717, 1.165) is 50.4 Å². The number of carbonyl (C=O) groups excluding carboxylic acids is 1. The Hall–Kier alpha value is -1.79.